The molecule has 0 saturated heterocycles. The Morgan fingerprint density at radius 1 is 1.03 bits per heavy atom. The van der Waals surface area contributed by atoms with Crippen LogP contribution in [0.2, 0.25) is 5.02 Å². The van der Waals surface area contributed by atoms with Gasteiger partial charge in [0.25, 0.3) is 5.89 Å². The second-order valence-electron chi connectivity index (χ2n) is 7.54. The molecule has 1 aliphatic rings. The number of hydrogen-bond acceptors (Lipinski definition) is 4. The summed E-state index contributed by atoms with van der Waals surface area (Å²) in [4.78, 5) is 19.1. The molecule has 8 heteroatoms. The van der Waals surface area contributed by atoms with Crippen LogP contribution in [0.5, 0.6) is 0 Å². The van der Waals surface area contributed by atoms with E-state index in [0.29, 0.717) is 27.8 Å². The summed E-state index contributed by atoms with van der Waals surface area (Å²) in [6.07, 6.45) is 0. The molecule has 2 heterocycles. The van der Waals surface area contributed by atoms with Crippen LogP contribution >= 0.6 is 11.6 Å². The molecule has 4 aromatic rings. The fourth-order valence-corrected chi connectivity index (χ4v) is 4.01. The molecule has 1 unspecified atom stereocenters. The molecule has 1 atom stereocenters. The average molecular weight is 461 g/mol. The topological polar surface area (TPSA) is 71.3 Å². The second-order valence-corrected chi connectivity index (χ2v) is 7.97. The molecule has 0 fully saturated rings. The standard InChI is InChI=1S/C25H18ClFN4O2/c1-15-21(24-29-23(30-33-24)17-6-3-2-4-7-17)22(16-10-12-18(26)13-11-16)28-25(32)31(15)20-9-5-8-19(27)14-20/h2-14,22H,1H3,(H,28,32). The monoisotopic (exact) mass is 460 g/mol. The number of allylic oxidation sites excluding steroid dienone is 1. The lowest BCUT2D eigenvalue weighted by Crippen LogP contribution is -2.46. The maximum Gasteiger partial charge on any atom is 0.327 e. The number of halogens is 2. The van der Waals surface area contributed by atoms with Crippen molar-refractivity contribution < 1.29 is 13.7 Å². The van der Waals surface area contributed by atoms with Crippen molar-refractivity contribution in [3.63, 3.8) is 0 Å². The highest BCUT2D eigenvalue weighted by molar-refractivity contribution is 6.30. The molecule has 0 spiro atoms. The summed E-state index contributed by atoms with van der Waals surface area (Å²) >= 11 is 6.07. The highest BCUT2D eigenvalue weighted by Gasteiger charge is 2.36. The van der Waals surface area contributed by atoms with Crippen LogP contribution in [0.15, 0.2) is 89.1 Å². The van der Waals surface area contributed by atoms with Gasteiger partial charge in [0.1, 0.15) is 5.82 Å². The largest absolute Gasteiger partial charge is 0.334 e. The normalized spacial score (nSPS) is 16.2. The number of rotatable bonds is 4. The van der Waals surface area contributed by atoms with Crippen LogP contribution in [0.1, 0.15) is 24.4 Å². The van der Waals surface area contributed by atoms with Gasteiger partial charge in [-0.25, -0.2) is 9.18 Å². The molecule has 6 nitrogen and oxygen atoms in total. The van der Waals surface area contributed by atoms with Crippen molar-refractivity contribution in [2.75, 3.05) is 4.90 Å². The number of anilines is 1. The van der Waals surface area contributed by atoms with E-state index in [1.165, 1.54) is 17.0 Å². The number of carbonyl (C=O) groups excluding carboxylic acids is 1. The first-order valence-corrected chi connectivity index (χ1v) is 10.6. The first-order chi connectivity index (χ1) is 16.0. The lowest BCUT2D eigenvalue weighted by atomic mass is 9.94. The molecule has 0 radical (unpaired) electrons. The first-order valence-electron chi connectivity index (χ1n) is 10.2. The Balaban J connectivity index is 1.66. The smallest absolute Gasteiger partial charge is 0.327 e. The van der Waals surface area contributed by atoms with Gasteiger partial charge in [0.15, 0.2) is 0 Å². The van der Waals surface area contributed by atoms with E-state index in [1.54, 1.807) is 31.2 Å². The van der Waals surface area contributed by atoms with Crippen LogP contribution in [0.4, 0.5) is 14.9 Å². The number of aromatic nitrogens is 2. The molecule has 0 aliphatic carbocycles. The van der Waals surface area contributed by atoms with E-state index < -0.39 is 17.9 Å². The summed E-state index contributed by atoms with van der Waals surface area (Å²) in [6, 6.07) is 21.5. The average Bonchev–Trinajstić information content (AvgIpc) is 3.30. The van der Waals surface area contributed by atoms with E-state index in [9.17, 15) is 9.18 Å². The van der Waals surface area contributed by atoms with Gasteiger partial charge in [-0.2, -0.15) is 4.98 Å². The molecule has 0 saturated carbocycles. The molecule has 3 aromatic carbocycles. The molecule has 33 heavy (non-hydrogen) atoms. The van der Waals surface area contributed by atoms with Gasteiger partial charge < -0.3 is 9.84 Å². The van der Waals surface area contributed by atoms with Crippen molar-refractivity contribution in [1.82, 2.24) is 15.5 Å². The molecule has 5 rings (SSSR count). The van der Waals surface area contributed by atoms with Gasteiger partial charge in [0.2, 0.25) is 5.82 Å². The molecular weight excluding hydrogens is 443 g/mol. The van der Waals surface area contributed by atoms with E-state index >= 15 is 0 Å². The van der Waals surface area contributed by atoms with Gasteiger partial charge in [0.05, 0.1) is 17.3 Å². The SMILES string of the molecule is CC1=C(c2nc(-c3ccccc3)no2)C(c2ccc(Cl)cc2)NC(=O)N1c1cccc(F)c1. The van der Waals surface area contributed by atoms with Gasteiger partial charge in [-0.15, -0.1) is 0 Å². The zero-order valence-corrected chi connectivity index (χ0v) is 18.3. The zero-order chi connectivity index (χ0) is 22.9. The van der Waals surface area contributed by atoms with Crippen molar-refractivity contribution in [2.45, 2.75) is 13.0 Å². The summed E-state index contributed by atoms with van der Waals surface area (Å²) in [5.41, 5.74) is 3.14. The maximum absolute atomic E-state index is 13.9. The minimum atomic E-state index is -0.566. The maximum atomic E-state index is 13.9. The van der Waals surface area contributed by atoms with Gasteiger partial charge in [-0.05, 0) is 42.8 Å². The van der Waals surface area contributed by atoms with Crippen LogP contribution in [0, 0.1) is 5.82 Å². The molecule has 0 bridgehead atoms. The molecule has 2 amide bonds. The van der Waals surface area contributed by atoms with Gasteiger partial charge in [0, 0.05) is 16.3 Å². The van der Waals surface area contributed by atoms with Gasteiger partial charge in [-0.3, -0.25) is 4.90 Å². The van der Waals surface area contributed by atoms with Crippen molar-refractivity contribution in [2.24, 2.45) is 0 Å². The Labute approximate surface area is 194 Å². The van der Waals surface area contributed by atoms with Crippen molar-refractivity contribution in [3.8, 4) is 11.4 Å². The molecular formula is C25H18ClFN4O2. The molecule has 1 aromatic heterocycles. The van der Waals surface area contributed by atoms with Crippen LogP contribution in [0.25, 0.3) is 17.0 Å². The second kappa shape index (κ2) is 8.52. The number of hydrogen-bond donors (Lipinski definition) is 1. The summed E-state index contributed by atoms with van der Waals surface area (Å²) < 4.78 is 19.6. The van der Waals surface area contributed by atoms with E-state index in [4.69, 9.17) is 16.1 Å². The Hall–Kier alpha value is -3.97. The van der Waals surface area contributed by atoms with Crippen LogP contribution in [-0.2, 0) is 0 Å². The van der Waals surface area contributed by atoms with E-state index in [2.05, 4.69) is 15.5 Å². The molecule has 1 aliphatic heterocycles. The van der Waals surface area contributed by atoms with E-state index in [-0.39, 0.29) is 5.89 Å². The minimum absolute atomic E-state index is 0.257. The summed E-state index contributed by atoms with van der Waals surface area (Å²) in [5.74, 6) is 0.237. The van der Waals surface area contributed by atoms with Crippen molar-refractivity contribution in [3.05, 3.63) is 107 Å². The van der Waals surface area contributed by atoms with Crippen LogP contribution in [0.3, 0.4) is 0 Å². The van der Waals surface area contributed by atoms with Crippen molar-refractivity contribution in [1.29, 1.82) is 0 Å². The quantitative estimate of drug-likeness (QED) is 0.392. The summed E-state index contributed by atoms with van der Waals surface area (Å²) in [5, 5.41) is 7.70. The predicted molar refractivity (Wildman–Crippen MR) is 124 cm³/mol. The summed E-state index contributed by atoms with van der Waals surface area (Å²) in [7, 11) is 0. The Kier molecular flexibility index (Phi) is 5.40. The lowest BCUT2D eigenvalue weighted by Gasteiger charge is -2.35. The zero-order valence-electron chi connectivity index (χ0n) is 17.5. The Bertz CT molecular complexity index is 1350. The number of carbonyl (C=O) groups is 1. The predicted octanol–water partition coefficient (Wildman–Crippen LogP) is 6.23. The fraction of sp³-hybridized carbons (Fsp3) is 0.0800. The van der Waals surface area contributed by atoms with Crippen LogP contribution < -0.4 is 10.2 Å². The van der Waals surface area contributed by atoms with Crippen LogP contribution in [-0.4, -0.2) is 16.2 Å². The number of urea groups is 1. The van der Waals surface area contributed by atoms with Gasteiger partial charge >= 0.3 is 6.03 Å². The third-order valence-electron chi connectivity index (χ3n) is 5.44. The minimum Gasteiger partial charge on any atom is -0.334 e. The third kappa shape index (κ3) is 3.99. The number of nitrogens with one attached hydrogen (secondary N) is 1. The Morgan fingerprint density at radius 3 is 2.52 bits per heavy atom. The van der Waals surface area contributed by atoms with E-state index in [0.717, 1.165) is 11.1 Å². The van der Waals surface area contributed by atoms with Gasteiger partial charge in [-0.1, -0.05) is 65.3 Å². The number of benzene rings is 3. The molecule has 1 N–H and O–H groups in total. The fourth-order valence-electron chi connectivity index (χ4n) is 3.89. The molecule has 164 valence electrons. The van der Waals surface area contributed by atoms with E-state index in [1.807, 2.05) is 42.5 Å². The first kappa shape index (κ1) is 20.9. The third-order valence-corrected chi connectivity index (χ3v) is 5.69. The lowest BCUT2D eigenvalue weighted by molar-refractivity contribution is 0.244. The number of nitrogens with zero attached hydrogens (tertiary/aromatic N) is 3. The number of amides is 2. The Morgan fingerprint density at radius 2 is 1.79 bits per heavy atom. The highest BCUT2D eigenvalue weighted by Crippen LogP contribution is 2.39. The summed E-state index contributed by atoms with van der Waals surface area (Å²) in [6.45, 7) is 1.77. The van der Waals surface area contributed by atoms with Crippen molar-refractivity contribution >= 4 is 28.9 Å². The highest BCUT2D eigenvalue weighted by atomic mass is 35.5.